The first-order valence-corrected chi connectivity index (χ1v) is 11.1. The van der Waals surface area contributed by atoms with Gasteiger partial charge in [-0.2, -0.15) is 0 Å². The molecule has 0 bridgehead atoms. The zero-order valence-corrected chi connectivity index (χ0v) is 18.3. The molecule has 0 radical (unpaired) electrons. The summed E-state index contributed by atoms with van der Waals surface area (Å²) in [5, 5.41) is 8.28. The lowest BCUT2D eigenvalue weighted by Gasteiger charge is -2.34. The lowest BCUT2D eigenvalue weighted by atomic mass is 9.92. The van der Waals surface area contributed by atoms with E-state index in [2.05, 4.69) is 82.5 Å². The molecule has 2 aliphatic rings. The van der Waals surface area contributed by atoms with Crippen LogP contribution in [0.5, 0.6) is 0 Å². The lowest BCUT2D eigenvalue weighted by molar-refractivity contribution is 0.313. The maximum absolute atomic E-state index is 4.99. The predicted molar refractivity (Wildman–Crippen MR) is 125 cm³/mol. The van der Waals surface area contributed by atoms with E-state index in [9.17, 15) is 0 Å². The zero-order chi connectivity index (χ0) is 20.7. The van der Waals surface area contributed by atoms with Gasteiger partial charge in [0.05, 0.1) is 0 Å². The number of benzene rings is 1. The number of nitrogens with zero attached hydrogens (tertiary/aromatic N) is 4. The summed E-state index contributed by atoms with van der Waals surface area (Å²) in [6.45, 7) is 4.38. The van der Waals surface area contributed by atoms with Gasteiger partial charge in [-0.3, -0.25) is 0 Å². The minimum absolute atomic E-state index is 0.568. The number of aromatic nitrogens is 2. The third-order valence-electron chi connectivity index (χ3n) is 6.85. The number of hydrogen-bond donors (Lipinski definition) is 2. The van der Waals surface area contributed by atoms with Gasteiger partial charge in [0.2, 0.25) is 0 Å². The van der Waals surface area contributed by atoms with Crippen LogP contribution >= 0.6 is 0 Å². The van der Waals surface area contributed by atoms with Gasteiger partial charge in [-0.25, -0.2) is 4.98 Å². The molecule has 3 heterocycles. The lowest BCUT2D eigenvalue weighted by Crippen LogP contribution is -2.44. The number of piperazine rings is 1. The Bertz CT molecular complexity index is 1050. The zero-order valence-electron chi connectivity index (χ0n) is 18.3. The minimum atomic E-state index is 0.568. The van der Waals surface area contributed by atoms with Gasteiger partial charge < -0.3 is 25.0 Å². The number of fused-ring (bicyclic) bond motifs is 3. The Morgan fingerprint density at radius 2 is 1.87 bits per heavy atom. The van der Waals surface area contributed by atoms with E-state index in [4.69, 9.17) is 4.98 Å². The quantitative estimate of drug-likeness (QED) is 0.700. The highest BCUT2D eigenvalue weighted by Crippen LogP contribution is 2.32. The van der Waals surface area contributed by atoms with Crippen molar-refractivity contribution in [3.8, 4) is 0 Å². The molecular formula is C24H32N6. The summed E-state index contributed by atoms with van der Waals surface area (Å²) in [6.07, 6.45) is 3.39. The predicted octanol–water partition coefficient (Wildman–Crippen LogP) is 3.15. The second-order valence-corrected chi connectivity index (χ2v) is 8.75. The highest BCUT2D eigenvalue weighted by Gasteiger charge is 2.24. The van der Waals surface area contributed by atoms with E-state index in [-0.39, 0.29) is 0 Å². The van der Waals surface area contributed by atoms with E-state index in [1.54, 1.807) is 0 Å². The highest BCUT2D eigenvalue weighted by atomic mass is 15.2. The van der Waals surface area contributed by atoms with Gasteiger partial charge in [0, 0.05) is 61.7 Å². The van der Waals surface area contributed by atoms with Crippen molar-refractivity contribution < 1.29 is 0 Å². The van der Waals surface area contributed by atoms with E-state index >= 15 is 0 Å². The Morgan fingerprint density at radius 1 is 1.03 bits per heavy atom. The fourth-order valence-electron chi connectivity index (χ4n) is 4.94. The van der Waals surface area contributed by atoms with Crippen LogP contribution in [0, 0.1) is 0 Å². The Kier molecular flexibility index (Phi) is 5.13. The molecule has 2 N–H and O–H groups in total. The maximum Gasteiger partial charge on any atom is 0.142 e. The van der Waals surface area contributed by atoms with Crippen LogP contribution in [0.1, 0.15) is 17.7 Å². The standard InChI is InChI=1S/C24H32N6/c1-25-17-7-9-22-21(16-17)20-8-10-23(27-24(20)29(22)3)26-18-5-4-6-19(15-18)30-13-11-28(2)12-14-30/h4-6,8,10,15,17,25H,7,9,11-14,16H2,1-3H3,(H,26,27). The molecule has 1 aliphatic carbocycles. The molecule has 0 spiro atoms. The molecule has 1 aromatic carbocycles. The van der Waals surface area contributed by atoms with Crippen molar-refractivity contribution in [2.45, 2.75) is 25.3 Å². The van der Waals surface area contributed by atoms with E-state index in [0.29, 0.717) is 6.04 Å². The SMILES string of the molecule is CNC1CCc2c(c3ccc(Nc4cccc(N5CCN(C)CC5)c4)nc3n2C)C1. The first-order valence-electron chi connectivity index (χ1n) is 11.1. The van der Waals surface area contributed by atoms with Gasteiger partial charge in [0.15, 0.2) is 0 Å². The molecule has 6 heteroatoms. The summed E-state index contributed by atoms with van der Waals surface area (Å²) in [7, 11) is 6.42. The molecule has 158 valence electrons. The van der Waals surface area contributed by atoms with Crippen molar-refractivity contribution in [2.75, 3.05) is 50.5 Å². The van der Waals surface area contributed by atoms with E-state index < -0.39 is 0 Å². The maximum atomic E-state index is 4.99. The number of aryl methyl sites for hydroxylation is 1. The molecular weight excluding hydrogens is 372 g/mol. The van der Waals surface area contributed by atoms with Gasteiger partial charge in [0.1, 0.15) is 11.5 Å². The normalized spacial score (nSPS) is 19.8. The van der Waals surface area contributed by atoms with E-state index in [1.807, 2.05) is 0 Å². The number of rotatable bonds is 4. The second kappa shape index (κ2) is 7.93. The van der Waals surface area contributed by atoms with E-state index in [0.717, 1.165) is 56.2 Å². The number of anilines is 3. The molecule has 6 nitrogen and oxygen atoms in total. The Balaban J connectivity index is 1.40. The second-order valence-electron chi connectivity index (χ2n) is 8.75. The third-order valence-corrected chi connectivity index (χ3v) is 6.85. The molecule has 0 saturated carbocycles. The highest BCUT2D eigenvalue weighted by molar-refractivity contribution is 5.84. The summed E-state index contributed by atoms with van der Waals surface area (Å²) in [4.78, 5) is 9.84. The summed E-state index contributed by atoms with van der Waals surface area (Å²) >= 11 is 0. The van der Waals surface area contributed by atoms with Crippen molar-refractivity contribution in [3.63, 3.8) is 0 Å². The van der Waals surface area contributed by atoms with Gasteiger partial charge in [-0.1, -0.05) is 6.07 Å². The Labute approximate surface area is 178 Å². The van der Waals surface area contributed by atoms with Gasteiger partial charge in [-0.05, 0) is 69.3 Å². The van der Waals surface area contributed by atoms with Crippen molar-refractivity contribution in [1.29, 1.82) is 0 Å². The van der Waals surface area contributed by atoms with Crippen LogP contribution in [-0.4, -0.2) is 60.8 Å². The summed E-state index contributed by atoms with van der Waals surface area (Å²) in [5.74, 6) is 0.904. The van der Waals surface area contributed by atoms with Crippen molar-refractivity contribution in [1.82, 2.24) is 19.8 Å². The van der Waals surface area contributed by atoms with Crippen molar-refractivity contribution in [2.24, 2.45) is 7.05 Å². The average Bonchev–Trinajstić information content (AvgIpc) is 3.05. The molecule has 2 aromatic heterocycles. The van der Waals surface area contributed by atoms with Crippen LogP contribution < -0.4 is 15.5 Å². The van der Waals surface area contributed by atoms with Gasteiger partial charge in [0.25, 0.3) is 0 Å². The molecule has 3 aromatic rings. The molecule has 0 amide bonds. The van der Waals surface area contributed by atoms with Crippen LogP contribution in [0.4, 0.5) is 17.2 Å². The van der Waals surface area contributed by atoms with Crippen molar-refractivity contribution in [3.05, 3.63) is 47.7 Å². The smallest absolute Gasteiger partial charge is 0.142 e. The topological polar surface area (TPSA) is 48.4 Å². The molecule has 1 atom stereocenters. The van der Waals surface area contributed by atoms with Gasteiger partial charge >= 0.3 is 0 Å². The summed E-state index contributed by atoms with van der Waals surface area (Å²) < 4.78 is 2.29. The number of nitrogens with one attached hydrogen (secondary N) is 2. The summed E-state index contributed by atoms with van der Waals surface area (Å²) in [5.41, 5.74) is 6.36. The monoisotopic (exact) mass is 404 g/mol. The van der Waals surface area contributed by atoms with Crippen molar-refractivity contribution >= 4 is 28.2 Å². The first kappa shape index (κ1) is 19.4. The average molecular weight is 405 g/mol. The van der Waals surface area contributed by atoms with Gasteiger partial charge in [-0.15, -0.1) is 0 Å². The summed E-state index contributed by atoms with van der Waals surface area (Å²) in [6, 6.07) is 13.6. The van der Waals surface area contributed by atoms with Crippen LogP contribution in [0.25, 0.3) is 11.0 Å². The first-order chi connectivity index (χ1) is 14.6. The Morgan fingerprint density at radius 3 is 2.67 bits per heavy atom. The fourth-order valence-corrected chi connectivity index (χ4v) is 4.94. The molecule has 1 unspecified atom stereocenters. The number of pyridine rings is 1. The van der Waals surface area contributed by atoms with Crippen LogP contribution in [0.15, 0.2) is 36.4 Å². The number of likely N-dealkylation sites (N-methyl/N-ethyl adjacent to an activating group) is 2. The minimum Gasteiger partial charge on any atom is -0.369 e. The molecule has 1 saturated heterocycles. The molecule has 5 rings (SSSR count). The molecule has 1 aliphatic heterocycles. The molecule has 1 fully saturated rings. The van der Waals surface area contributed by atoms with Crippen LogP contribution in [-0.2, 0) is 19.9 Å². The third kappa shape index (κ3) is 3.55. The van der Waals surface area contributed by atoms with Crippen LogP contribution in [0.3, 0.4) is 0 Å². The molecule has 30 heavy (non-hydrogen) atoms. The largest absolute Gasteiger partial charge is 0.369 e. The Hall–Kier alpha value is -2.57. The van der Waals surface area contributed by atoms with E-state index in [1.165, 1.54) is 28.8 Å². The fraction of sp³-hybridized carbons (Fsp3) is 0.458. The number of hydrogen-bond acceptors (Lipinski definition) is 5. The van der Waals surface area contributed by atoms with Crippen LogP contribution in [0.2, 0.25) is 0 Å².